The molecule has 2 atom stereocenters. The normalized spacial score (nSPS) is 18.4. The summed E-state index contributed by atoms with van der Waals surface area (Å²) >= 11 is 0. The average Bonchev–Trinajstić information content (AvgIpc) is 3.90. The highest BCUT2D eigenvalue weighted by Gasteiger charge is 2.51. The number of aryl methyl sites for hydroxylation is 1. The van der Waals surface area contributed by atoms with Crippen molar-refractivity contribution in [1.82, 2.24) is 9.80 Å². The van der Waals surface area contributed by atoms with Gasteiger partial charge in [-0.05, 0) is 60.0 Å². The summed E-state index contributed by atoms with van der Waals surface area (Å²) in [6.07, 6.45) is 2.48. The van der Waals surface area contributed by atoms with E-state index in [2.05, 4.69) is 43.5 Å². The molecule has 0 saturated heterocycles. The molecule has 23 heteroatoms. The molecule has 3 aromatic carbocycles. The molecule has 3 aromatic rings. The fraction of sp³-hybridized carbons (Fsp3) is 0.458. The predicted octanol–water partition coefficient (Wildman–Crippen LogP) is 7.93. The third-order valence-electron chi connectivity index (χ3n) is 12.3. The number of hydrogen-bond acceptors (Lipinski definition) is 13. The minimum atomic E-state index is -6.07. The van der Waals surface area contributed by atoms with Crippen molar-refractivity contribution in [3.05, 3.63) is 88.9 Å². The quantitative estimate of drug-likeness (QED) is 0.0377. The number of ether oxygens (including phenoxy) is 5. The highest BCUT2D eigenvalue weighted by atomic mass is 32.2. The van der Waals surface area contributed by atoms with Crippen molar-refractivity contribution in [2.24, 2.45) is 0 Å². The molecule has 7 rings (SSSR count). The molecule has 0 radical (unpaired) electrons. The number of carbonyl (C=O) groups is 4. The van der Waals surface area contributed by atoms with Gasteiger partial charge >= 0.3 is 15.6 Å². The Morgan fingerprint density at radius 1 is 0.690 bits per heavy atom. The molecule has 4 aliphatic heterocycles. The summed E-state index contributed by atoms with van der Waals surface area (Å²) in [4.78, 5) is 62.1. The fourth-order valence-electron chi connectivity index (χ4n) is 8.23. The zero-order valence-electron chi connectivity index (χ0n) is 41.0. The Morgan fingerprint density at radius 2 is 1.20 bits per heavy atom. The van der Waals surface area contributed by atoms with Crippen LogP contribution in [0.1, 0.15) is 51.1 Å². The summed E-state index contributed by atoms with van der Waals surface area (Å²) in [5.41, 5.74) is 3.59. The largest absolute Gasteiger partial charge is 0.534 e. The van der Waals surface area contributed by atoms with E-state index in [1.807, 2.05) is 12.1 Å². The first kappa shape index (κ1) is 52.9. The predicted molar refractivity (Wildman–Crippen MR) is 265 cm³/mol. The van der Waals surface area contributed by atoms with Crippen LogP contribution >= 0.6 is 0 Å². The number of nitrogens with two attached hydrogens (primary N) is 1. The molecular formula is C48H60F3N5O12SSi2. The lowest BCUT2D eigenvalue weighted by molar-refractivity contribution is -0.123. The second kappa shape index (κ2) is 20.7. The molecule has 384 valence electrons. The van der Waals surface area contributed by atoms with Crippen LogP contribution in [0.25, 0.3) is 5.57 Å². The van der Waals surface area contributed by atoms with Gasteiger partial charge in [-0.25, -0.2) is 0 Å². The topological polar surface area (TPSA) is 197 Å². The summed E-state index contributed by atoms with van der Waals surface area (Å²) < 4.78 is 97.9. The van der Waals surface area contributed by atoms with E-state index in [1.165, 1.54) is 33.9 Å². The number of nitrogen functional groups attached to an aromatic ring is 1. The van der Waals surface area contributed by atoms with Gasteiger partial charge in [-0.15, -0.1) is 0 Å². The van der Waals surface area contributed by atoms with Crippen LogP contribution in [0, 0.1) is 6.92 Å². The van der Waals surface area contributed by atoms with Gasteiger partial charge in [0.25, 0.3) is 23.6 Å². The Hall–Kier alpha value is -5.89. The number of fused-ring (bicyclic) bond motifs is 4. The highest BCUT2D eigenvalue weighted by Crippen LogP contribution is 2.43. The van der Waals surface area contributed by atoms with E-state index < -0.39 is 73.8 Å². The van der Waals surface area contributed by atoms with Crippen molar-refractivity contribution in [3.63, 3.8) is 0 Å². The number of hydrogen-bond donors (Lipinski definition) is 1. The first-order valence-corrected chi connectivity index (χ1v) is 31.9. The lowest BCUT2D eigenvalue weighted by Gasteiger charge is -2.27. The number of benzene rings is 3. The Bertz CT molecular complexity index is 2740. The molecule has 17 nitrogen and oxygen atoms in total. The van der Waals surface area contributed by atoms with Crippen LogP contribution in [0.3, 0.4) is 0 Å². The van der Waals surface area contributed by atoms with Gasteiger partial charge in [0.1, 0.15) is 37.1 Å². The van der Waals surface area contributed by atoms with Gasteiger partial charge in [0, 0.05) is 78.8 Å². The molecule has 0 unspecified atom stereocenters. The number of anilines is 3. The minimum Gasteiger partial charge on any atom is -0.493 e. The van der Waals surface area contributed by atoms with E-state index in [-0.39, 0.29) is 73.9 Å². The molecule has 0 bridgehead atoms. The number of alkyl halides is 3. The standard InChI is InChI=1S/C48H60F3N5O12SSi2/c1-30-20-35-37(55(28-64-16-18-70(3,4)5)47(60)40-22-34(27-54(40)44(35)57)68-69(61,62)48(49,50)51)24-41(30)66-14-9-15-67-43-25-38-36(23-42(43)63-2)45(58)53-26-32(31-10-12-33(52)13-11-31)21-39(53)46(59)56(38)29-65-17-19-71(6,7)8/h10-13,20,23-27,39-40H,9,14-19,21-22,28-29,52H2,1-8H3/t39-,40-/m0/s1. The van der Waals surface area contributed by atoms with E-state index in [4.69, 9.17) is 29.4 Å². The summed E-state index contributed by atoms with van der Waals surface area (Å²) in [6.45, 7) is 15.3. The van der Waals surface area contributed by atoms with Gasteiger partial charge in [-0.2, -0.15) is 21.6 Å². The van der Waals surface area contributed by atoms with E-state index in [0.717, 1.165) is 34.3 Å². The SMILES string of the molecule is COc1cc2c(cc1OCCCOc1cc3c(cc1C)C(=O)N1C=C(OS(=O)(=O)C(F)(F)F)C[C@H]1C(=O)N3COCC[Si](C)(C)C)N(COCC[Si](C)(C)C)C(=O)[C@@H]1CC(c3ccc(N)cc3)=CN1C2=O. The number of carbonyl (C=O) groups excluding carboxylic acids is 4. The second-order valence-corrected chi connectivity index (χ2v) is 32.9. The maximum atomic E-state index is 14.5. The number of rotatable bonds is 20. The van der Waals surface area contributed by atoms with Gasteiger partial charge in [-0.1, -0.05) is 51.4 Å². The van der Waals surface area contributed by atoms with Crippen molar-refractivity contribution >= 4 is 72.5 Å². The summed E-state index contributed by atoms with van der Waals surface area (Å²) in [5.74, 6) is -2.11. The number of methoxy groups -OCH3 is 1. The Kier molecular flexibility index (Phi) is 15.4. The molecule has 0 spiro atoms. The van der Waals surface area contributed by atoms with Gasteiger partial charge < -0.3 is 38.5 Å². The number of halogens is 3. The monoisotopic (exact) mass is 1040 g/mol. The van der Waals surface area contributed by atoms with E-state index >= 15 is 0 Å². The van der Waals surface area contributed by atoms with Crippen LogP contribution in [0.4, 0.5) is 30.2 Å². The lowest BCUT2D eigenvalue weighted by atomic mass is 10.0. The smallest absolute Gasteiger partial charge is 0.493 e. The zero-order chi connectivity index (χ0) is 51.8. The van der Waals surface area contributed by atoms with Crippen molar-refractivity contribution in [2.45, 2.75) is 95.1 Å². The first-order chi connectivity index (χ1) is 33.3. The van der Waals surface area contributed by atoms with Crippen molar-refractivity contribution in [1.29, 1.82) is 0 Å². The average molecular weight is 1040 g/mol. The lowest BCUT2D eigenvalue weighted by Crippen LogP contribution is -2.45. The van der Waals surface area contributed by atoms with Gasteiger partial charge in [-0.3, -0.25) is 33.9 Å². The maximum Gasteiger partial charge on any atom is 0.534 e. The van der Waals surface area contributed by atoms with E-state index in [0.29, 0.717) is 35.7 Å². The van der Waals surface area contributed by atoms with Crippen molar-refractivity contribution in [3.8, 4) is 17.2 Å². The Labute approximate surface area is 413 Å². The Morgan fingerprint density at radius 3 is 1.73 bits per heavy atom. The number of amides is 4. The molecule has 4 amide bonds. The van der Waals surface area contributed by atoms with Crippen LogP contribution in [0.5, 0.6) is 17.2 Å². The van der Waals surface area contributed by atoms with Crippen LogP contribution in [-0.2, 0) is 33.4 Å². The Balaban J connectivity index is 1.10. The van der Waals surface area contributed by atoms with Crippen LogP contribution in [-0.4, -0.2) is 123 Å². The summed E-state index contributed by atoms with van der Waals surface area (Å²) in [6, 6.07) is 12.8. The van der Waals surface area contributed by atoms with Crippen molar-refractivity contribution in [2.75, 3.05) is 62.5 Å². The van der Waals surface area contributed by atoms with Crippen LogP contribution in [0.2, 0.25) is 51.4 Å². The fourth-order valence-corrected chi connectivity index (χ4v) is 10.2. The van der Waals surface area contributed by atoms with Gasteiger partial charge in [0.15, 0.2) is 11.5 Å². The highest BCUT2D eigenvalue weighted by molar-refractivity contribution is 7.87. The molecule has 71 heavy (non-hydrogen) atoms. The van der Waals surface area contributed by atoms with Gasteiger partial charge in [0.05, 0.1) is 42.8 Å². The molecular weight excluding hydrogens is 984 g/mol. The van der Waals surface area contributed by atoms with Crippen molar-refractivity contribution < 1.29 is 68.6 Å². The maximum absolute atomic E-state index is 14.5. The molecule has 2 N–H and O–H groups in total. The van der Waals surface area contributed by atoms with E-state index in [9.17, 15) is 40.8 Å². The van der Waals surface area contributed by atoms with Gasteiger partial charge in [0.2, 0.25) is 0 Å². The molecule has 0 aromatic heterocycles. The molecule has 0 saturated carbocycles. The van der Waals surface area contributed by atoms with Crippen LogP contribution in [0.15, 0.2) is 66.7 Å². The second-order valence-electron chi connectivity index (χ2n) is 20.2. The van der Waals surface area contributed by atoms with E-state index in [1.54, 1.807) is 37.4 Å². The molecule has 0 aliphatic carbocycles. The third kappa shape index (κ3) is 11.9. The number of nitrogens with zero attached hydrogens (tertiary/aromatic N) is 4. The molecule has 0 fully saturated rings. The summed E-state index contributed by atoms with van der Waals surface area (Å²) in [5, 5.41) is 0. The third-order valence-corrected chi connectivity index (χ3v) is 16.7. The molecule has 4 heterocycles. The summed E-state index contributed by atoms with van der Waals surface area (Å²) in [7, 11) is -7.68. The first-order valence-electron chi connectivity index (χ1n) is 23.1. The zero-order valence-corrected chi connectivity index (χ0v) is 43.8. The van der Waals surface area contributed by atoms with Crippen LogP contribution < -0.4 is 29.7 Å². The molecule has 4 aliphatic rings. The minimum absolute atomic E-state index is 0.000435.